The molecule has 0 aromatic carbocycles. The summed E-state index contributed by atoms with van der Waals surface area (Å²) in [5, 5.41) is 28.1. The van der Waals surface area contributed by atoms with E-state index < -0.39 is 18.2 Å². The molecule has 0 fully saturated rings. The van der Waals surface area contributed by atoms with Crippen LogP contribution < -0.4 is 0 Å². The van der Waals surface area contributed by atoms with E-state index in [4.69, 9.17) is 5.11 Å². The molecule has 2 atom stereocenters. The minimum Gasteiger partial charge on any atom is -0.481 e. The number of aliphatic hydroxyl groups excluding tert-OH is 2. The molecule has 0 aliphatic heterocycles. The highest BCUT2D eigenvalue weighted by Gasteiger charge is 2.12. The van der Waals surface area contributed by atoms with Crippen molar-refractivity contribution in [3.63, 3.8) is 0 Å². The van der Waals surface area contributed by atoms with Crippen molar-refractivity contribution >= 4 is 5.97 Å². The first-order valence-electron chi connectivity index (χ1n) is 8.82. The van der Waals surface area contributed by atoms with Gasteiger partial charge in [0.1, 0.15) is 0 Å². The molecule has 0 rings (SSSR count). The molecule has 3 N–H and O–H groups in total. The lowest BCUT2D eigenvalue weighted by Gasteiger charge is -2.14. The van der Waals surface area contributed by atoms with Crippen molar-refractivity contribution in [2.24, 2.45) is 0 Å². The van der Waals surface area contributed by atoms with Crippen LogP contribution in [0.3, 0.4) is 0 Å². The summed E-state index contributed by atoms with van der Waals surface area (Å²) in [6, 6.07) is 0. The Morgan fingerprint density at radius 2 is 1.59 bits per heavy atom. The molecule has 0 aromatic rings. The molecule has 0 aliphatic carbocycles. The summed E-state index contributed by atoms with van der Waals surface area (Å²) in [5.74, 6) is -0.779. The Labute approximate surface area is 135 Å². The van der Waals surface area contributed by atoms with Crippen molar-refractivity contribution in [1.29, 1.82) is 0 Å². The predicted molar refractivity (Wildman–Crippen MR) is 89.9 cm³/mol. The Morgan fingerprint density at radius 1 is 0.955 bits per heavy atom. The Balaban J connectivity index is 3.53. The summed E-state index contributed by atoms with van der Waals surface area (Å²) in [4.78, 5) is 10.4. The first kappa shape index (κ1) is 21.1. The van der Waals surface area contributed by atoms with Crippen LogP contribution in [0, 0.1) is 0 Å². The minimum absolute atomic E-state index is 0.177. The van der Waals surface area contributed by atoms with E-state index in [1.54, 1.807) is 6.08 Å². The second-order valence-electron chi connectivity index (χ2n) is 6.04. The maximum absolute atomic E-state index is 10.4. The van der Waals surface area contributed by atoms with Gasteiger partial charge in [-0.2, -0.15) is 0 Å². The van der Waals surface area contributed by atoms with E-state index in [0.29, 0.717) is 12.8 Å². The van der Waals surface area contributed by atoms with Gasteiger partial charge in [-0.05, 0) is 25.7 Å². The van der Waals surface area contributed by atoms with Gasteiger partial charge in [0.05, 0.1) is 12.2 Å². The second-order valence-corrected chi connectivity index (χ2v) is 6.04. The number of aliphatic carboxylic acids is 1. The molecule has 4 heteroatoms. The van der Waals surface area contributed by atoms with Crippen molar-refractivity contribution in [1.82, 2.24) is 0 Å². The first-order chi connectivity index (χ1) is 10.6. The lowest BCUT2D eigenvalue weighted by molar-refractivity contribution is -0.137. The van der Waals surface area contributed by atoms with Crippen LogP contribution in [0.2, 0.25) is 0 Å². The van der Waals surface area contributed by atoms with Gasteiger partial charge in [-0.3, -0.25) is 4.79 Å². The lowest BCUT2D eigenvalue weighted by atomic mass is 10.0. The van der Waals surface area contributed by atoms with Crippen LogP contribution in [0.15, 0.2) is 12.2 Å². The fraction of sp³-hybridized carbons (Fsp3) is 0.833. The Morgan fingerprint density at radius 3 is 2.27 bits per heavy atom. The summed E-state index contributed by atoms with van der Waals surface area (Å²) in [5.41, 5.74) is 0. The third-order valence-electron chi connectivity index (χ3n) is 3.84. The second kappa shape index (κ2) is 15.0. The SMILES string of the molecule is CCCCCCCC/C=C\[C@H](O)[C@@H](O)CCCCCC(=O)O. The number of hydrogen-bond donors (Lipinski definition) is 3. The summed E-state index contributed by atoms with van der Waals surface area (Å²) in [6.45, 7) is 2.21. The molecular formula is C18H34O4. The highest BCUT2D eigenvalue weighted by Crippen LogP contribution is 2.11. The minimum atomic E-state index is -0.806. The number of carboxylic acid groups (broad SMARTS) is 1. The lowest BCUT2D eigenvalue weighted by Crippen LogP contribution is -2.23. The molecule has 0 unspecified atom stereocenters. The standard InChI is InChI=1S/C18H34O4/c1-2-3-4-5-6-7-8-10-13-16(19)17(20)14-11-9-12-15-18(21)22/h10,13,16-17,19-20H,2-9,11-12,14-15H2,1H3,(H,21,22)/b13-10-/t16-,17-/m0/s1. The molecule has 0 spiro atoms. The monoisotopic (exact) mass is 314 g/mol. The first-order valence-corrected chi connectivity index (χ1v) is 8.82. The quantitative estimate of drug-likeness (QED) is 0.315. The highest BCUT2D eigenvalue weighted by atomic mass is 16.4. The molecule has 0 heterocycles. The van der Waals surface area contributed by atoms with E-state index in [2.05, 4.69) is 6.92 Å². The smallest absolute Gasteiger partial charge is 0.303 e. The molecule has 0 aliphatic rings. The predicted octanol–water partition coefficient (Wildman–Crippen LogP) is 4.05. The number of allylic oxidation sites excluding steroid dienone is 1. The van der Waals surface area contributed by atoms with Crippen LogP contribution in [0.4, 0.5) is 0 Å². The molecule has 0 saturated heterocycles. The fourth-order valence-corrected chi connectivity index (χ4v) is 2.38. The van der Waals surface area contributed by atoms with Crippen molar-refractivity contribution in [3.8, 4) is 0 Å². The largest absolute Gasteiger partial charge is 0.481 e. The fourth-order valence-electron chi connectivity index (χ4n) is 2.38. The van der Waals surface area contributed by atoms with E-state index in [1.165, 1.54) is 32.1 Å². The molecule has 0 aromatic heterocycles. The molecule has 0 amide bonds. The van der Waals surface area contributed by atoms with Gasteiger partial charge in [-0.15, -0.1) is 0 Å². The van der Waals surface area contributed by atoms with Crippen molar-refractivity contribution in [2.75, 3.05) is 0 Å². The Bertz CT molecular complexity index is 289. The van der Waals surface area contributed by atoms with E-state index in [-0.39, 0.29) is 6.42 Å². The third kappa shape index (κ3) is 14.1. The third-order valence-corrected chi connectivity index (χ3v) is 3.84. The highest BCUT2D eigenvalue weighted by molar-refractivity contribution is 5.66. The van der Waals surface area contributed by atoms with Crippen LogP contribution in [0.1, 0.15) is 84.0 Å². The Kier molecular flexibility index (Phi) is 14.4. The van der Waals surface area contributed by atoms with Gasteiger partial charge in [0.15, 0.2) is 0 Å². The molecule has 4 nitrogen and oxygen atoms in total. The average molecular weight is 314 g/mol. The van der Waals surface area contributed by atoms with Crippen LogP contribution in [-0.2, 0) is 4.79 Å². The van der Waals surface area contributed by atoms with Gasteiger partial charge in [-0.25, -0.2) is 0 Å². The van der Waals surface area contributed by atoms with Crippen molar-refractivity contribution < 1.29 is 20.1 Å². The number of hydrogen-bond acceptors (Lipinski definition) is 3. The number of carbonyl (C=O) groups is 1. The molecule has 130 valence electrons. The van der Waals surface area contributed by atoms with Gasteiger partial charge in [0.25, 0.3) is 0 Å². The van der Waals surface area contributed by atoms with E-state index >= 15 is 0 Å². The van der Waals surface area contributed by atoms with Crippen LogP contribution in [0.5, 0.6) is 0 Å². The zero-order valence-corrected chi connectivity index (χ0v) is 14.0. The summed E-state index contributed by atoms with van der Waals surface area (Å²) >= 11 is 0. The Hall–Kier alpha value is -0.870. The van der Waals surface area contributed by atoms with Gasteiger partial charge in [-0.1, -0.05) is 64.0 Å². The van der Waals surface area contributed by atoms with Gasteiger partial charge >= 0.3 is 5.97 Å². The zero-order valence-electron chi connectivity index (χ0n) is 14.0. The van der Waals surface area contributed by atoms with E-state index in [9.17, 15) is 15.0 Å². The number of aliphatic hydroxyl groups is 2. The molecule has 0 saturated carbocycles. The average Bonchev–Trinajstić information content (AvgIpc) is 2.48. The summed E-state index contributed by atoms with van der Waals surface area (Å²) < 4.78 is 0. The maximum atomic E-state index is 10.4. The summed E-state index contributed by atoms with van der Waals surface area (Å²) in [7, 11) is 0. The zero-order chi connectivity index (χ0) is 16.6. The maximum Gasteiger partial charge on any atom is 0.303 e. The molecule has 22 heavy (non-hydrogen) atoms. The van der Waals surface area contributed by atoms with E-state index in [0.717, 1.165) is 25.7 Å². The number of unbranched alkanes of at least 4 members (excludes halogenated alkanes) is 8. The van der Waals surface area contributed by atoms with Crippen LogP contribution in [-0.4, -0.2) is 33.5 Å². The molecule has 0 radical (unpaired) electrons. The van der Waals surface area contributed by atoms with Gasteiger partial charge in [0.2, 0.25) is 0 Å². The van der Waals surface area contributed by atoms with Gasteiger partial charge in [0, 0.05) is 6.42 Å². The van der Waals surface area contributed by atoms with Crippen molar-refractivity contribution in [3.05, 3.63) is 12.2 Å². The van der Waals surface area contributed by atoms with E-state index in [1.807, 2.05) is 6.08 Å². The number of rotatable bonds is 15. The number of carboxylic acids is 1. The van der Waals surface area contributed by atoms with Crippen molar-refractivity contribution in [2.45, 2.75) is 96.2 Å². The van der Waals surface area contributed by atoms with Gasteiger partial charge < -0.3 is 15.3 Å². The summed E-state index contributed by atoms with van der Waals surface area (Å²) in [6.07, 6.45) is 13.4. The topological polar surface area (TPSA) is 77.8 Å². The van der Waals surface area contributed by atoms with Crippen LogP contribution in [0.25, 0.3) is 0 Å². The normalized spacial score (nSPS) is 14.3. The van der Waals surface area contributed by atoms with Crippen LogP contribution >= 0.6 is 0 Å². The molecular weight excluding hydrogens is 280 g/mol. The molecule has 0 bridgehead atoms.